The second-order valence-corrected chi connectivity index (χ2v) is 10.4. The maximum absolute atomic E-state index is 13.6. The number of aryl methyl sites for hydroxylation is 1. The molecule has 7 nitrogen and oxygen atoms in total. The van der Waals surface area contributed by atoms with E-state index in [1.807, 2.05) is 26.0 Å². The number of amides is 2. The molecular formula is C26H36FN3O4S. The molecule has 0 radical (unpaired) electrons. The van der Waals surface area contributed by atoms with Crippen LogP contribution in [0.3, 0.4) is 0 Å². The summed E-state index contributed by atoms with van der Waals surface area (Å²) in [5, 5.41) is 2.87. The molecule has 0 aliphatic rings. The molecule has 2 aromatic carbocycles. The van der Waals surface area contributed by atoms with Crippen molar-refractivity contribution < 1.29 is 22.4 Å². The standard InChI is InChI=1S/C26H36FN3O4S/c1-5-8-17-28-26(32)24(7-3)29(18-21-9-13-22(27)14-10-21)25(31)19-30(35(4,33)34)23-15-11-20(6-2)12-16-23/h9-16,24H,5-8,17-19H2,1-4H3,(H,28,32)/t24-/m0/s1. The van der Waals surface area contributed by atoms with Gasteiger partial charge >= 0.3 is 0 Å². The summed E-state index contributed by atoms with van der Waals surface area (Å²) in [6, 6.07) is 11.9. The lowest BCUT2D eigenvalue weighted by Gasteiger charge is -2.33. The molecule has 0 fully saturated rings. The zero-order valence-corrected chi connectivity index (χ0v) is 21.8. The molecule has 2 amide bonds. The molecule has 0 saturated carbocycles. The number of hydrogen-bond donors (Lipinski definition) is 1. The maximum atomic E-state index is 13.6. The van der Waals surface area contributed by atoms with Gasteiger partial charge in [-0.15, -0.1) is 0 Å². The predicted octanol–water partition coefficient (Wildman–Crippen LogP) is 3.88. The number of rotatable bonds is 13. The third kappa shape index (κ3) is 8.35. The Hall–Kier alpha value is -2.94. The summed E-state index contributed by atoms with van der Waals surface area (Å²) in [4.78, 5) is 27.9. The van der Waals surface area contributed by atoms with Gasteiger partial charge in [-0.1, -0.05) is 51.5 Å². The van der Waals surface area contributed by atoms with Crippen molar-refractivity contribution in [2.45, 2.75) is 59.0 Å². The molecule has 0 aliphatic carbocycles. The Morgan fingerprint density at radius 1 is 0.971 bits per heavy atom. The summed E-state index contributed by atoms with van der Waals surface area (Å²) in [5.41, 5.74) is 2.05. The molecule has 2 aromatic rings. The lowest BCUT2D eigenvalue weighted by molar-refractivity contribution is -0.140. The van der Waals surface area contributed by atoms with E-state index >= 15 is 0 Å². The molecule has 0 unspecified atom stereocenters. The number of nitrogens with one attached hydrogen (secondary N) is 1. The van der Waals surface area contributed by atoms with Crippen molar-refractivity contribution in [1.82, 2.24) is 10.2 Å². The maximum Gasteiger partial charge on any atom is 0.244 e. The lowest BCUT2D eigenvalue weighted by Crippen LogP contribution is -2.52. The fourth-order valence-electron chi connectivity index (χ4n) is 3.72. The highest BCUT2D eigenvalue weighted by Crippen LogP contribution is 2.21. The van der Waals surface area contributed by atoms with Gasteiger partial charge in [-0.25, -0.2) is 12.8 Å². The first-order valence-corrected chi connectivity index (χ1v) is 13.8. The first-order chi connectivity index (χ1) is 16.6. The average molecular weight is 506 g/mol. The van der Waals surface area contributed by atoms with Crippen molar-refractivity contribution in [3.63, 3.8) is 0 Å². The zero-order chi connectivity index (χ0) is 26.0. The molecular weight excluding hydrogens is 469 g/mol. The molecule has 0 saturated heterocycles. The van der Waals surface area contributed by atoms with Crippen LogP contribution in [0.15, 0.2) is 48.5 Å². The number of sulfonamides is 1. The summed E-state index contributed by atoms with van der Waals surface area (Å²) in [7, 11) is -3.78. The number of benzene rings is 2. The fraction of sp³-hybridized carbons (Fsp3) is 0.462. The molecule has 0 spiro atoms. The molecule has 0 bridgehead atoms. The normalized spacial score (nSPS) is 12.1. The van der Waals surface area contributed by atoms with Crippen LogP contribution in [-0.2, 0) is 32.6 Å². The Labute approximate surface area is 208 Å². The summed E-state index contributed by atoms with van der Waals surface area (Å²) >= 11 is 0. The van der Waals surface area contributed by atoms with Crippen LogP contribution >= 0.6 is 0 Å². The van der Waals surface area contributed by atoms with E-state index in [4.69, 9.17) is 0 Å². The van der Waals surface area contributed by atoms with E-state index in [9.17, 15) is 22.4 Å². The summed E-state index contributed by atoms with van der Waals surface area (Å²) in [5.74, 6) is -1.22. The predicted molar refractivity (Wildman–Crippen MR) is 137 cm³/mol. The number of nitrogens with zero attached hydrogens (tertiary/aromatic N) is 2. The van der Waals surface area contributed by atoms with E-state index < -0.39 is 34.3 Å². The Morgan fingerprint density at radius 2 is 1.57 bits per heavy atom. The number of carbonyl (C=O) groups is 2. The second kappa shape index (κ2) is 13.2. The van der Waals surface area contributed by atoms with E-state index in [1.165, 1.54) is 17.0 Å². The van der Waals surface area contributed by atoms with Crippen LogP contribution in [-0.4, -0.2) is 50.5 Å². The van der Waals surface area contributed by atoms with Gasteiger partial charge in [-0.2, -0.15) is 0 Å². The lowest BCUT2D eigenvalue weighted by atomic mass is 10.1. The van der Waals surface area contributed by atoms with Gasteiger partial charge in [0, 0.05) is 13.1 Å². The number of unbranched alkanes of at least 4 members (excludes halogenated alkanes) is 1. The van der Waals surface area contributed by atoms with Gasteiger partial charge in [0.1, 0.15) is 18.4 Å². The summed E-state index contributed by atoms with van der Waals surface area (Å²) in [6.45, 7) is 5.89. The fourth-order valence-corrected chi connectivity index (χ4v) is 4.57. The van der Waals surface area contributed by atoms with Gasteiger partial charge in [0.05, 0.1) is 11.9 Å². The minimum absolute atomic E-state index is 0.0468. The van der Waals surface area contributed by atoms with Crippen molar-refractivity contribution in [2.24, 2.45) is 0 Å². The van der Waals surface area contributed by atoms with Gasteiger partial charge in [0.2, 0.25) is 21.8 Å². The largest absolute Gasteiger partial charge is 0.354 e. The third-order valence-corrected chi connectivity index (χ3v) is 6.93. The average Bonchev–Trinajstić information content (AvgIpc) is 2.83. The van der Waals surface area contributed by atoms with E-state index in [0.29, 0.717) is 24.2 Å². The summed E-state index contributed by atoms with van der Waals surface area (Å²) < 4.78 is 39.7. The van der Waals surface area contributed by atoms with Crippen LogP contribution < -0.4 is 9.62 Å². The van der Waals surface area contributed by atoms with Crippen LogP contribution in [0.4, 0.5) is 10.1 Å². The number of carbonyl (C=O) groups excluding carboxylic acids is 2. The smallest absolute Gasteiger partial charge is 0.244 e. The van der Waals surface area contributed by atoms with Crippen molar-refractivity contribution in [3.05, 3.63) is 65.5 Å². The molecule has 1 atom stereocenters. The first kappa shape index (κ1) is 28.3. The van der Waals surface area contributed by atoms with Crippen molar-refractivity contribution in [3.8, 4) is 0 Å². The van der Waals surface area contributed by atoms with Crippen LogP contribution in [0, 0.1) is 5.82 Å². The van der Waals surface area contributed by atoms with Gasteiger partial charge in [-0.05, 0) is 54.7 Å². The van der Waals surface area contributed by atoms with Gasteiger partial charge < -0.3 is 10.2 Å². The zero-order valence-electron chi connectivity index (χ0n) is 21.0. The molecule has 2 rings (SSSR count). The quantitative estimate of drug-likeness (QED) is 0.419. The van der Waals surface area contributed by atoms with E-state index in [1.54, 1.807) is 31.2 Å². The third-order valence-electron chi connectivity index (χ3n) is 5.79. The number of anilines is 1. The SMILES string of the molecule is CCCCNC(=O)[C@H](CC)N(Cc1ccc(F)cc1)C(=O)CN(c1ccc(CC)cc1)S(C)(=O)=O. The molecule has 192 valence electrons. The minimum Gasteiger partial charge on any atom is -0.354 e. The second-order valence-electron chi connectivity index (χ2n) is 8.51. The molecule has 0 aromatic heterocycles. The van der Waals surface area contributed by atoms with Crippen LogP contribution in [0.2, 0.25) is 0 Å². The van der Waals surface area contributed by atoms with Crippen LogP contribution in [0.25, 0.3) is 0 Å². The Morgan fingerprint density at radius 3 is 2.09 bits per heavy atom. The van der Waals surface area contributed by atoms with Crippen LogP contribution in [0.1, 0.15) is 51.2 Å². The summed E-state index contributed by atoms with van der Waals surface area (Å²) in [6.07, 6.45) is 3.91. The highest BCUT2D eigenvalue weighted by molar-refractivity contribution is 7.92. The Bertz CT molecular complexity index is 1070. The topological polar surface area (TPSA) is 86.8 Å². The van der Waals surface area contributed by atoms with E-state index in [-0.39, 0.29) is 12.5 Å². The highest BCUT2D eigenvalue weighted by Gasteiger charge is 2.31. The highest BCUT2D eigenvalue weighted by atomic mass is 32.2. The van der Waals surface area contributed by atoms with E-state index in [2.05, 4.69) is 5.32 Å². The number of hydrogen-bond acceptors (Lipinski definition) is 4. The van der Waals surface area contributed by atoms with Gasteiger partial charge in [0.15, 0.2) is 0 Å². The van der Waals surface area contributed by atoms with Crippen molar-refractivity contribution in [1.29, 1.82) is 0 Å². The van der Waals surface area contributed by atoms with Crippen molar-refractivity contribution in [2.75, 3.05) is 23.7 Å². The Balaban J connectivity index is 2.38. The Kier molecular flexibility index (Phi) is 10.7. The molecule has 0 heterocycles. The number of halogens is 1. The molecule has 9 heteroatoms. The molecule has 0 aliphatic heterocycles. The van der Waals surface area contributed by atoms with Gasteiger partial charge in [-0.3, -0.25) is 13.9 Å². The van der Waals surface area contributed by atoms with Crippen molar-refractivity contribution >= 4 is 27.5 Å². The monoisotopic (exact) mass is 505 g/mol. The first-order valence-electron chi connectivity index (χ1n) is 12.0. The molecule has 1 N–H and O–H groups in total. The van der Waals surface area contributed by atoms with Gasteiger partial charge in [0.25, 0.3) is 0 Å². The van der Waals surface area contributed by atoms with Crippen LogP contribution in [0.5, 0.6) is 0 Å². The minimum atomic E-state index is -3.78. The van der Waals surface area contributed by atoms with E-state index in [0.717, 1.165) is 35.4 Å². The molecule has 35 heavy (non-hydrogen) atoms.